The van der Waals surface area contributed by atoms with Gasteiger partial charge in [-0.05, 0) is 76.5 Å². The lowest BCUT2D eigenvalue weighted by atomic mass is 9.44. The number of carbonyl (C=O) groups excluding carboxylic acids is 1. The van der Waals surface area contributed by atoms with E-state index in [4.69, 9.17) is 9.47 Å². The molecule has 3 nitrogen and oxygen atoms in total. The molecule has 4 aliphatic carbocycles. The van der Waals surface area contributed by atoms with Gasteiger partial charge in [0.25, 0.3) is 0 Å². The van der Waals surface area contributed by atoms with Crippen molar-refractivity contribution in [3.8, 4) is 0 Å². The van der Waals surface area contributed by atoms with Crippen LogP contribution in [0.4, 0.5) is 0 Å². The lowest BCUT2D eigenvalue weighted by Crippen LogP contribution is -2.55. The maximum atomic E-state index is 11.5. The molecule has 0 aromatic heterocycles. The summed E-state index contributed by atoms with van der Waals surface area (Å²) in [6.45, 7) is 11.3. The van der Waals surface area contributed by atoms with Gasteiger partial charge in [0.15, 0.2) is 0 Å². The van der Waals surface area contributed by atoms with Gasteiger partial charge in [-0.15, -0.1) is 0 Å². The Hall–Kier alpha value is -0.830. The van der Waals surface area contributed by atoms with Gasteiger partial charge in [-0.2, -0.15) is 0 Å². The summed E-state index contributed by atoms with van der Waals surface area (Å²) < 4.78 is 11.7. The Bertz CT molecular complexity index is 446. The smallest absolute Gasteiger partial charge is 0.330 e. The summed E-state index contributed by atoms with van der Waals surface area (Å²) in [7, 11) is 0. The molecule has 4 rings (SSSR count). The highest BCUT2D eigenvalue weighted by Crippen LogP contribution is 2.65. The normalized spacial score (nSPS) is 39.8. The summed E-state index contributed by atoms with van der Waals surface area (Å²) >= 11 is 0. The molecule has 0 radical (unpaired) electrons. The Morgan fingerprint density at radius 2 is 1.68 bits per heavy atom. The largest absolute Gasteiger partial charge is 0.462 e. The first-order chi connectivity index (χ1) is 10.2. The van der Waals surface area contributed by atoms with E-state index in [2.05, 4.69) is 27.4 Å². The van der Waals surface area contributed by atoms with Gasteiger partial charge < -0.3 is 9.47 Å². The van der Waals surface area contributed by atoms with Crippen molar-refractivity contribution in [3.63, 3.8) is 0 Å². The van der Waals surface area contributed by atoms with Crippen LogP contribution in [0.5, 0.6) is 0 Å². The minimum atomic E-state index is -0.282. The Morgan fingerprint density at radius 3 is 2.18 bits per heavy atom. The molecule has 0 amide bonds. The van der Waals surface area contributed by atoms with E-state index in [1.165, 1.54) is 38.2 Å². The zero-order valence-corrected chi connectivity index (χ0v) is 14.3. The van der Waals surface area contributed by atoms with E-state index in [1.807, 2.05) is 0 Å². The van der Waals surface area contributed by atoms with Crippen molar-refractivity contribution in [2.75, 3.05) is 13.2 Å². The van der Waals surface area contributed by atoms with E-state index >= 15 is 0 Å². The van der Waals surface area contributed by atoms with Gasteiger partial charge >= 0.3 is 5.97 Å². The summed E-state index contributed by atoms with van der Waals surface area (Å²) in [5.74, 6) is 1.32. The van der Waals surface area contributed by atoms with E-state index in [9.17, 15) is 4.79 Å². The molecule has 2 unspecified atom stereocenters. The van der Waals surface area contributed by atoms with Gasteiger partial charge in [0.1, 0.15) is 0 Å². The van der Waals surface area contributed by atoms with Crippen molar-refractivity contribution in [1.29, 1.82) is 0 Å². The minimum Gasteiger partial charge on any atom is -0.462 e. The number of ether oxygens (including phenoxy) is 2. The molecule has 0 aliphatic heterocycles. The first kappa shape index (κ1) is 16.0. The molecule has 4 fully saturated rings. The summed E-state index contributed by atoms with van der Waals surface area (Å²) in [4.78, 5) is 11.5. The van der Waals surface area contributed by atoms with Crippen molar-refractivity contribution in [2.24, 2.45) is 22.7 Å². The van der Waals surface area contributed by atoms with Crippen LogP contribution in [0.15, 0.2) is 12.7 Å². The van der Waals surface area contributed by atoms with Crippen LogP contribution in [0.25, 0.3) is 0 Å². The average molecular weight is 306 g/mol. The third-order valence-corrected chi connectivity index (χ3v) is 5.80. The van der Waals surface area contributed by atoms with Crippen LogP contribution in [0.3, 0.4) is 0 Å². The fraction of sp³-hybridized carbons (Fsp3) is 0.842. The standard InChI is InChI=1S/C19H30O3/c1-5-16(20)21-12-18-7-14-6-15(8-18)10-19(9-14,11-18)13-22-17(2,3)4/h5,14-15H,1,6-13H2,2-4H3. The second-order valence-corrected chi connectivity index (χ2v) is 9.17. The highest BCUT2D eigenvalue weighted by molar-refractivity contribution is 5.81. The Morgan fingerprint density at radius 1 is 1.14 bits per heavy atom. The van der Waals surface area contributed by atoms with Gasteiger partial charge in [0.2, 0.25) is 0 Å². The molecular formula is C19H30O3. The summed E-state index contributed by atoms with van der Waals surface area (Å²) in [5, 5.41) is 0. The Kier molecular flexibility index (Phi) is 3.91. The van der Waals surface area contributed by atoms with Gasteiger partial charge in [0.05, 0.1) is 18.8 Å². The third-order valence-electron chi connectivity index (χ3n) is 5.80. The molecular weight excluding hydrogens is 276 g/mol. The zero-order chi connectivity index (χ0) is 16.0. The molecule has 4 aliphatic rings. The number of rotatable bonds is 5. The average Bonchev–Trinajstić information content (AvgIpc) is 2.41. The summed E-state index contributed by atoms with van der Waals surface area (Å²) in [5.41, 5.74) is 0.438. The van der Waals surface area contributed by atoms with Crippen LogP contribution in [0.2, 0.25) is 0 Å². The Labute approximate surface area is 134 Å². The second kappa shape index (κ2) is 5.36. The maximum Gasteiger partial charge on any atom is 0.330 e. The van der Waals surface area contributed by atoms with Crippen LogP contribution in [0.1, 0.15) is 59.3 Å². The Balaban J connectivity index is 1.72. The van der Waals surface area contributed by atoms with Crippen molar-refractivity contribution >= 4 is 5.97 Å². The van der Waals surface area contributed by atoms with Gasteiger partial charge in [-0.1, -0.05) is 6.58 Å². The molecule has 124 valence electrons. The van der Waals surface area contributed by atoms with Crippen LogP contribution < -0.4 is 0 Å². The first-order valence-corrected chi connectivity index (χ1v) is 8.66. The molecule has 0 spiro atoms. The van der Waals surface area contributed by atoms with E-state index in [0.29, 0.717) is 12.0 Å². The molecule has 0 aromatic rings. The lowest BCUT2D eigenvalue weighted by Gasteiger charge is -2.62. The van der Waals surface area contributed by atoms with Crippen LogP contribution in [0, 0.1) is 22.7 Å². The van der Waals surface area contributed by atoms with Crippen molar-refractivity contribution in [3.05, 3.63) is 12.7 Å². The molecule has 22 heavy (non-hydrogen) atoms. The number of esters is 1. The van der Waals surface area contributed by atoms with Gasteiger partial charge in [-0.3, -0.25) is 0 Å². The fourth-order valence-electron chi connectivity index (χ4n) is 5.64. The van der Waals surface area contributed by atoms with Crippen LogP contribution in [-0.4, -0.2) is 24.8 Å². The van der Waals surface area contributed by atoms with E-state index < -0.39 is 0 Å². The van der Waals surface area contributed by atoms with E-state index in [0.717, 1.165) is 24.9 Å². The second-order valence-electron chi connectivity index (χ2n) is 9.17. The number of carbonyl (C=O) groups is 1. The number of hydrogen-bond donors (Lipinski definition) is 0. The SMILES string of the molecule is C=CC(=O)OCC12CC3CC(C1)CC(COC(C)(C)C)(C3)C2. The van der Waals surface area contributed by atoms with Crippen LogP contribution >= 0.6 is 0 Å². The summed E-state index contributed by atoms with van der Waals surface area (Å²) in [6, 6.07) is 0. The molecule has 0 heterocycles. The lowest BCUT2D eigenvalue weighted by molar-refractivity contribution is -0.179. The maximum absolute atomic E-state index is 11.5. The fourth-order valence-corrected chi connectivity index (χ4v) is 5.64. The van der Waals surface area contributed by atoms with Crippen LogP contribution in [-0.2, 0) is 14.3 Å². The quantitative estimate of drug-likeness (QED) is 0.566. The molecule has 0 saturated heterocycles. The third kappa shape index (κ3) is 3.24. The van der Waals surface area contributed by atoms with Gasteiger partial charge in [0, 0.05) is 11.5 Å². The molecule has 3 heteroatoms. The molecule has 4 saturated carbocycles. The van der Waals surface area contributed by atoms with E-state index in [-0.39, 0.29) is 17.0 Å². The highest BCUT2D eigenvalue weighted by atomic mass is 16.5. The molecule has 2 atom stereocenters. The molecule has 4 bridgehead atoms. The van der Waals surface area contributed by atoms with Gasteiger partial charge in [-0.25, -0.2) is 4.79 Å². The first-order valence-electron chi connectivity index (χ1n) is 8.66. The predicted molar refractivity (Wildman–Crippen MR) is 86.4 cm³/mol. The minimum absolute atomic E-state index is 0.0776. The predicted octanol–water partition coefficient (Wildman–Crippen LogP) is 4.12. The van der Waals surface area contributed by atoms with Crippen molar-refractivity contribution in [2.45, 2.75) is 64.9 Å². The van der Waals surface area contributed by atoms with Crippen molar-refractivity contribution in [1.82, 2.24) is 0 Å². The van der Waals surface area contributed by atoms with Crippen molar-refractivity contribution < 1.29 is 14.3 Å². The monoisotopic (exact) mass is 306 g/mol. The zero-order valence-electron chi connectivity index (χ0n) is 14.3. The topological polar surface area (TPSA) is 35.5 Å². The summed E-state index contributed by atoms with van der Waals surface area (Å²) in [6.07, 6.45) is 8.87. The highest BCUT2D eigenvalue weighted by Gasteiger charge is 2.58. The van der Waals surface area contributed by atoms with E-state index in [1.54, 1.807) is 0 Å². The molecule has 0 aromatic carbocycles. The molecule has 0 N–H and O–H groups in total. The number of hydrogen-bond acceptors (Lipinski definition) is 3.